The summed E-state index contributed by atoms with van der Waals surface area (Å²) in [6.07, 6.45) is 1.86. The van der Waals surface area contributed by atoms with Gasteiger partial charge in [-0.05, 0) is 25.5 Å². The predicted molar refractivity (Wildman–Crippen MR) is 63.7 cm³/mol. The van der Waals surface area contributed by atoms with E-state index < -0.39 is 5.41 Å². The fourth-order valence-electron chi connectivity index (χ4n) is 1.89. The minimum atomic E-state index is -0.644. The highest BCUT2D eigenvalue weighted by atomic mass is 16.2. The number of benzene rings is 1. The summed E-state index contributed by atoms with van der Waals surface area (Å²) >= 11 is 0. The molecule has 1 heterocycles. The average Bonchev–Trinajstić information content (AvgIpc) is 2.72. The second-order valence-electron chi connectivity index (χ2n) is 4.35. The number of hydrogen-bond acceptors (Lipinski definition) is 2. The van der Waals surface area contributed by atoms with Crippen molar-refractivity contribution in [3.8, 4) is 0 Å². The summed E-state index contributed by atoms with van der Waals surface area (Å²) in [6.45, 7) is 3.70. The quantitative estimate of drug-likeness (QED) is 0.404. The Hall–Kier alpha value is -1.81. The van der Waals surface area contributed by atoms with E-state index in [1.807, 2.05) is 44.3 Å². The monoisotopic (exact) mass is 217 g/mol. The molecule has 0 saturated heterocycles. The molecule has 0 saturated carbocycles. The number of aromatic nitrogens is 1. The smallest absolute Gasteiger partial charge is 0.244 e. The number of nitrogens with two attached hydrogens (primary N) is 1. The fraction of sp³-hybridized carbons (Fsp3) is 0.250. The third-order valence-corrected chi connectivity index (χ3v) is 2.96. The molecule has 4 nitrogen and oxygen atoms in total. The Morgan fingerprint density at radius 2 is 2.06 bits per heavy atom. The Labute approximate surface area is 93.8 Å². The molecule has 0 unspecified atom stereocenters. The van der Waals surface area contributed by atoms with Crippen molar-refractivity contribution in [2.45, 2.75) is 19.3 Å². The molecule has 84 valence electrons. The summed E-state index contributed by atoms with van der Waals surface area (Å²) in [6, 6.07) is 7.89. The molecule has 0 fully saturated rings. The summed E-state index contributed by atoms with van der Waals surface area (Å²) < 4.78 is 0. The van der Waals surface area contributed by atoms with E-state index in [0.717, 1.165) is 16.5 Å². The lowest BCUT2D eigenvalue weighted by Gasteiger charge is -2.21. The van der Waals surface area contributed by atoms with Gasteiger partial charge in [0, 0.05) is 17.1 Å². The van der Waals surface area contributed by atoms with Crippen molar-refractivity contribution in [3.05, 3.63) is 36.0 Å². The molecule has 1 aromatic heterocycles. The predicted octanol–water partition coefficient (Wildman–Crippen LogP) is 1.44. The molecule has 4 heteroatoms. The van der Waals surface area contributed by atoms with Crippen LogP contribution in [0.5, 0.6) is 0 Å². The average molecular weight is 217 g/mol. The number of carbonyl (C=O) groups excluding carboxylic acids is 1. The maximum absolute atomic E-state index is 11.7. The number of carbonyl (C=O) groups is 1. The van der Waals surface area contributed by atoms with E-state index in [0.29, 0.717) is 0 Å². The van der Waals surface area contributed by atoms with E-state index in [2.05, 4.69) is 10.4 Å². The summed E-state index contributed by atoms with van der Waals surface area (Å²) in [5.41, 5.74) is 3.53. The van der Waals surface area contributed by atoms with Crippen molar-refractivity contribution in [3.63, 3.8) is 0 Å². The molecule has 2 rings (SSSR count). The van der Waals surface area contributed by atoms with Crippen molar-refractivity contribution in [1.82, 2.24) is 10.4 Å². The largest absolute Gasteiger partial charge is 0.361 e. The molecular weight excluding hydrogens is 202 g/mol. The van der Waals surface area contributed by atoms with Gasteiger partial charge in [-0.15, -0.1) is 0 Å². The summed E-state index contributed by atoms with van der Waals surface area (Å²) in [4.78, 5) is 14.9. The van der Waals surface area contributed by atoms with Crippen molar-refractivity contribution >= 4 is 16.8 Å². The Morgan fingerprint density at radius 1 is 1.38 bits per heavy atom. The first-order chi connectivity index (χ1) is 7.57. The molecule has 1 amide bonds. The number of fused-ring (bicyclic) bond motifs is 1. The molecule has 1 aromatic carbocycles. The SMILES string of the molecule is CC(C)(C(=O)NN)c1c[nH]c2ccccc12. The number of nitrogens with one attached hydrogen (secondary N) is 2. The van der Waals surface area contributed by atoms with Crippen LogP contribution in [0.4, 0.5) is 0 Å². The number of amides is 1. The number of aromatic amines is 1. The summed E-state index contributed by atoms with van der Waals surface area (Å²) in [7, 11) is 0. The van der Waals surface area contributed by atoms with E-state index in [1.54, 1.807) is 0 Å². The van der Waals surface area contributed by atoms with Crippen LogP contribution in [0.15, 0.2) is 30.5 Å². The van der Waals surface area contributed by atoms with Crippen molar-refractivity contribution in [1.29, 1.82) is 0 Å². The van der Waals surface area contributed by atoms with Crippen molar-refractivity contribution in [2.24, 2.45) is 5.84 Å². The third-order valence-electron chi connectivity index (χ3n) is 2.96. The van der Waals surface area contributed by atoms with Crippen LogP contribution in [-0.2, 0) is 10.2 Å². The van der Waals surface area contributed by atoms with Gasteiger partial charge < -0.3 is 4.98 Å². The van der Waals surface area contributed by atoms with Crippen LogP contribution in [0.1, 0.15) is 19.4 Å². The molecule has 4 N–H and O–H groups in total. The molecule has 0 atom stereocenters. The minimum Gasteiger partial charge on any atom is -0.361 e. The first-order valence-electron chi connectivity index (χ1n) is 5.15. The van der Waals surface area contributed by atoms with Crippen molar-refractivity contribution in [2.75, 3.05) is 0 Å². The first kappa shape index (κ1) is 10.7. The Balaban J connectivity index is 2.59. The third kappa shape index (κ3) is 1.47. The van der Waals surface area contributed by atoms with Gasteiger partial charge in [0.05, 0.1) is 5.41 Å². The Kier molecular flexibility index (Phi) is 2.44. The molecule has 0 radical (unpaired) electrons. The van der Waals surface area contributed by atoms with Gasteiger partial charge in [-0.25, -0.2) is 5.84 Å². The number of rotatable bonds is 2. The van der Waals surface area contributed by atoms with Gasteiger partial charge in [0.2, 0.25) is 5.91 Å². The van der Waals surface area contributed by atoms with Crippen LogP contribution in [0.25, 0.3) is 10.9 Å². The highest BCUT2D eigenvalue weighted by molar-refractivity contribution is 5.94. The second-order valence-corrected chi connectivity index (χ2v) is 4.35. The van der Waals surface area contributed by atoms with Gasteiger partial charge in [-0.3, -0.25) is 10.2 Å². The van der Waals surface area contributed by atoms with Gasteiger partial charge in [-0.2, -0.15) is 0 Å². The van der Waals surface area contributed by atoms with E-state index in [1.165, 1.54) is 0 Å². The number of hydrazine groups is 1. The van der Waals surface area contributed by atoms with Crippen LogP contribution >= 0.6 is 0 Å². The summed E-state index contributed by atoms with van der Waals surface area (Å²) in [5.74, 6) is 5.00. The summed E-state index contributed by atoms with van der Waals surface area (Å²) in [5, 5.41) is 1.05. The minimum absolute atomic E-state index is 0.197. The fourth-order valence-corrected chi connectivity index (χ4v) is 1.89. The Morgan fingerprint density at radius 3 is 2.75 bits per heavy atom. The van der Waals surface area contributed by atoms with Crippen LogP contribution in [-0.4, -0.2) is 10.9 Å². The van der Waals surface area contributed by atoms with E-state index >= 15 is 0 Å². The zero-order valence-electron chi connectivity index (χ0n) is 9.37. The first-order valence-corrected chi connectivity index (χ1v) is 5.15. The maximum Gasteiger partial charge on any atom is 0.244 e. The lowest BCUT2D eigenvalue weighted by atomic mass is 9.84. The van der Waals surface area contributed by atoms with Crippen molar-refractivity contribution < 1.29 is 4.79 Å². The number of para-hydroxylation sites is 1. The molecule has 0 aliphatic rings. The lowest BCUT2D eigenvalue weighted by Crippen LogP contribution is -2.43. The Bertz CT molecular complexity index is 528. The number of H-pyrrole nitrogens is 1. The molecule has 0 spiro atoms. The molecule has 0 aliphatic carbocycles. The topological polar surface area (TPSA) is 70.9 Å². The molecule has 0 aliphatic heterocycles. The molecule has 2 aromatic rings. The van der Waals surface area contributed by atoms with Crippen LogP contribution < -0.4 is 11.3 Å². The highest BCUT2D eigenvalue weighted by Gasteiger charge is 2.31. The molecule has 0 bridgehead atoms. The van der Waals surface area contributed by atoms with E-state index in [4.69, 9.17) is 5.84 Å². The highest BCUT2D eigenvalue weighted by Crippen LogP contribution is 2.30. The van der Waals surface area contributed by atoms with E-state index in [9.17, 15) is 4.79 Å². The van der Waals surface area contributed by atoms with Crippen LogP contribution in [0, 0.1) is 0 Å². The van der Waals surface area contributed by atoms with E-state index in [-0.39, 0.29) is 5.91 Å². The lowest BCUT2D eigenvalue weighted by molar-refractivity contribution is -0.125. The zero-order chi connectivity index (χ0) is 11.8. The second kappa shape index (κ2) is 3.64. The zero-order valence-corrected chi connectivity index (χ0v) is 9.37. The maximum atomic E-state index is 11.7. The van der Waals surface area contributed by atoms with Gasteiger partial charge in [0.1, 0.15) is 0 Å². The van der Waals surface area contributed by atoms with Crippen LogP contribution in [0.2, 0.25) is 0 Å². The van der Waals surface area contributed by atoms with Gasteiger partial charge >= 0.3 is 0 Å². The number of hydrogen-bond donors (Lipinski definition) is 3. The molecular formula is C12H15N3O. The van der Waals surface area contributed by atoms with Gasteiger partial charge in [0.25, 0.3) is 0 Å². The normalized spacial score (nSPS) is 11.7. The van der Waals surface area contributed by atoms with Crippen LogP contribution in [0.3, 0.4) is 0 Å². The van der Waals surface area contributed by atoms with Gasteiger partial charge in [-0.1, -0.05) is 18.2 Å². The molecule has 16 heavy (non-hydrogen) atoms. The standard InChI is InChI=1S/C12H15N3O/c1-12(2,11(16)15-13)9-7-14-10-6-4-3-5-8(9)10/h3-7,14H,13H2,1-2H3,(H,15,16). The van der Waals surface area contributed by atoms with Gasteiger partial charge in [0.15, 0.2) is 0 Å².